The highest BCUT2D eigenvalue weighted by molar-refractivity contribution is 9.10. The van der Waals surface area contributed by atoms with Gasteiger partial charge in [-0.15, -0.1) is 0 Å². The summed E-state index contributed by atoms with van der Waals surface area (Å²) < 4.78 is 17.3. The van der Waals surface area contributed by atoms with E-state index in [4.69, 9.17) is 14.2 Å². The molecule has 0 N–H and O–H groups in total. The van der Waals surface area contributed by atoms with Gasteiger partial charge in [0.15, 0.2) is 11.5 Å². The van der Waals surface area contributed by atoms with E-state index < -0.39 is 0 Å². The van der Waals surface area contributed by atoms with E-state index in [1.807, 2.05) is 12.1 Å². The molecule has 0 aliphatic carbocycles. The molecule has 128 valence electrons. The number of hydrogen-bond acceptors (Lipinski definition) is 4. The SMILES string of the molecule is COc1cc(C=O)cc(Br)c1OCCOc1ccc(C(C)C)cc1. The van der Waals surface area contributed by atoms with Crippen molar-refractivity contribution in [2.45, 2.75) is 19.8 Å². The third kappa shape index (κ3) is 4.74. The highest BCUT2D eigenvalue weighted by Crippen LogP contribution is 2.36. The molecule has 4 nitrogen and oxygen atoms in total. The van der Waals surface area contributed by atoms with Gasteiger partial charge >= 0.3 is 0 Å². The Morgan fingerprint density at radius 2 is 1.75 bits per heavy atom. The molecule has 0 saturated carbocycles. The number of carbonyl (C=O) groups is 1. The van der Waals surface area contributed by atoms with E-state index in [2.05, 4.69) is 41.9 Å². The molecule has 0 aromatic heterocycles. The van der Waals surface area contributed by atoms with E-state index in [0.717, 1.165) is 12.0 Å². The van der Waals surface area contributed by atoms with E-state index in [1.54, 1.807) is 12.1 Å². The molecule has 24 heavy (non-hydrogen) atoms. The zero-order chi connectivity index (χ0) is 17.5. The summed E-state index contributed by atoms with van der Waals surface area (Å²) >= 11 is 3.39. The van der Waals surface area contributed by atoms with Crippen LogP contribution >= 0.6 is 15.9 Å². The number of hydrogen-bond donors (Lipinski definition) is 0. The van der Waals surface area contributed by atoms with E-state index >= 15 is 0 Å². The molecule has 0 aliphatic heterocycles. The molecule has 0 aliphatic rings. The smallest absolute Gasteiger partial charge is 0.175 e. The van der Waals surface area contributed by atoms with Gasteiger partial charge in [-0.05, 0) is 51.7 Å². The summed E-state index contributed by atoms with van der Waals surface area (Å²) in [7, 11) is 1.54. The van der Waals surface area contributed by atoms with Gasteiger partial charge in [0.25, 0.3) is 0 Å². The molecule has 0 fully saturated rings. The Morgan fingerprint density at radius 3 is 2.33 bits per heavy atom. The van der Waals surface area contributed by atoms with E-state index in [1.165, 1.54) is 12.7 Å². The Hall–Kier alpha value is -2.01. The van der Waals surface area contributed by atoms with Gasteiger partial charge in [-0.25, -0.2) is 0 Å². The summed E-state index contributed by atoms with van der Waals surface area (Å²) in [5, 5.41) is 0. The van der Waals surface area contributed by atoms with Crippen LogP contribution in [0.2, 0.25) is 0 Å². The van der Waals surface area contributed by atoms with E-state index in [0.29, 0.717) is 40.7 Å². The van der Waals surface area contributed by atoms with Crippen LogP contribution in [0.1, 0.15) is 35.7 Å². The average Bonchev–Trinajstić information content (AvgIpc) is 2.59. The molecule has 2 aromatic rings. The van der Waals surface area contributed by atoms with Crippen LogP contribution in [-0.2, 0) is 0 Å². The lowest BCUT2D eigenvalue weighted by atomic mass is 10.0. The van der Waals surface area contributed by atoms with Crippen LogP contribution in [0.15, 0.2) is 40.9 Å². The van der Waals surface area contributed by atoms with Crippen LogP contribution in [0.25, 0.3) is 0 Å². The first-order valence-corrected chi connectivity index (χ1v) is 8.52. The zero-order valence-electron chi connectivity index (χ0n) is 14.0. The lowest BCUT2D eigenvalue weighted by molar-refractivity contribution is 0.112. The largest absolute Gasteiger partial charge is 0.493 e. The first-order valence-electron chi connectivity index (χ1n) is 7.73. The molecule has 2 aromatic carbocycles. The Morgan fingerprint density at radius 1 is 1.08 bits per heavy atom. The molecule has 0 saturated heterocycles. The quantitative estimate of drug-likeness (QED) is 0.475. The van der Waals surface area contributed by atoms with Crippen molar-refractivity contribution in [3.05, 3.63) is 52.0 Å². The monoisotopic (exact) mass is 392 g/mol. The number of ether oxygens (including phenoxy) is 3. The number of halogens is 1. The molecule has 2 rings (SSSR count). The van der Waals surface area contributed by atoms with Crippen LogP contribution in [0, 0.1) is 0 Å². The van der Waals surface area contributed by atoms with Crippen molar-refractivity contribution in [2.24, 2.45) is 0 Å². The lowest BCUT2D eigenvalue weighted by Crippen LogP contribution is -2.10. The summed E-state index contributed by atoms with van der Waals surface area (Å²) in [6.45, 7) is 5.09. The fraction of sp³-hybridized carbons (Fsp3) is 0.316. The third-order valence-electron chi connectivity index (χ3n) is 3.53. The fourth-order valence-electron chi connectivity index (χ4n) is 2.20. The molecular weight excluding hydrogens is 372 g/mol. The highest BCUT2D eigenvalue weighted by Gasteiger charge is 2.11. The van der Waals surface area contributed by atoms with Gasteiger partial charge in [-0.2, -0.15) is 0 Å². The molecule has 5 heteroatoms. The Kier molecular flexibility index (Phi) is 6.67. The van der Waals surface area contributed by atoms with Crippen LogP contribution in [-0.4, -0.2) is 26.6 Å². The second-order valence-electron chi connectivity index (χ2n) is 5.57. The zero-order valence-corrected chi connectivity index (χ0v) is 15.6. The van der Waals surface area contributed by atoms with Crippen LogP contribution < -0.4 is 14.2 Å². The van der Waals surface area contributed by atoms with E-state index in [-0.39, 0.29) is 0 Å². The number of benzene rings is 2. The van der Waals surface area contributed by atoms with Crippen molar-refractivity contribution in [3.63, 3.8) is 0 Å². The first kappa shape index (κ1) is 18.3. The number of aldehydes is 1. The molecule has 0 bridgehead atoms. The second-order valence-corrected chi connectivity index (χ2v) is 6.43. The van der Waals surface area contributed by atoms with Crippen molar-refractivity contribution in [3.8, 4) is 17.2 Å². The van der Waals surface area contributed by atoms with Crippen LogP contribution in [0.3, 0.4) is 0 Å². The molecule has 0 unspecified atom stereocenters. The van der Waals surface area contributed by atoms with Gasteiger partial charge in [0.1, 0.15) is 25.2 Å². The maximum atomic E-state index is 10.9. The summed E-state index contributed by atoms with van der Waals surface area (Å²) in [6.07, 6.45) is 0.765. The van der Waals surface area contributed by atoms with Gasteiger partial charge in [-0.1, -0.05) is 26.0 Å². The standard InChI is InChI=1S/C19H21BrO4/c1-13(2)15-4-6-16(7-5-15)23-8-9-24-19-17(20)10-14(12-21)11-18(19)22-3/h4-7,10-13H,8-9H2,1-3H3. The number of methoxy groups -OCH3 is 1. The minimum absolute atomic E-state index is 0.362. The highest BCUT2D eigenvalue weighted by atomic mass is 79.9. The number of carbonyl (C=O) groups excluding carboxylic acids is 1. The maximum Gasteiger partial charge on any atom is 0.175 e. The molecule has 0 amide bonds. The predicted molar refractivity (Wildman–Crippen MR) is 97.6 cm³/mol. The van der Waals surface area contributed by atoms with Gasteiger partial charge in [0.05, 0.1) is 11.6 Å². The van der Waals surface area contributed by atoms with Crippen molar-refractivity contribution in [1.82, 2.24) is 0 Å². The summed E-state index contributed by atoms with van der Waals surface area (Å²) in [5.41, 5.74) is 1.80. The summed E-state index contributed by atoms with van der Waals surface area (Å²) in [6, 6.07) is 11.4. The first-order chi connectivity index (χ1) is 11.5. The molecule has 0 spiro atoms. The third-order valence-corrected chi connectivity index (χ3v) is 4.12. The topological polar surface area (TPSA) is 44.8 Å². The van der Waals surface area contributed by atoms with Crippen molar-refractivity contribution in [2.75, 3.05) is 20.3 Å². The maximum absolute atomic E-state index is 10.9. The fourth-order valence-corrected chi connectivity index (χ4v) is 2.77. The Balaban J connectivity index is 1.91. The van der Waals surface area contributed by atoms with Gasteiger partial charge in [0, 0.05) is 5.56 Å². The predicted octanol–water partition coefficient (Wildman–Crippen LogP) is 4.85. The molecule has 0 heterocycles. The lowest BCUT2D eigenvalue weighted by Gasteiger charge is -2.14. The van der Waals surface area contributed by atoms with Gasteiger partial charge < -0.3 is 14.2 Å². The Bertz CT molecular complexity index is 681. The molecular formula is C19H21BrO4. The van der Waals surface area contributed by atoms with Crippen molar-refractivity contribution < 1.29 is 19.0 Å². The van der Waals surface area contributed by atoms with E-state index in [9.17, 15) is 4.79 Å². The van der Waals surface area contributed by atoms with Crippen LogP contribution in [0.5, 0.6) is 17.2 Å². The van der Waals surface area contributed by atoms with Crippen molar-refractivity contribution in [1.29, 1.82) is 0 Å². The number of rotatable bonds is 8. The van der Waals surface area contributed by atoms with Gasteiger partial charge in [-0.3, -0.25) is 4.79 Å². The minimum Gasteiger partial charge on any atom is -0.493 e. The molecule has 0 radical (unpaired) electrons. The molecule has 0 atom stereocenters. The van der Waals surface area contributed by atoms with Gasteiger partial charge in [0.2, 0.25) is 0 Å². The summed E-state index contributed by atoms with van der Waals surface area (Å²) in [5.74, 6) is 2.38. The normalized spacial score (nSPS) is 10.5. The van der Waals surface area contributed by atoms with Crippen molar-refractivity contribution >= 4 is 22.2 Å². The van der Waals surface area contributed by atoms with Crippen LogP contribution in [0.4, 0.5) is 0 Å². The second kappa shape index (κ2) is 8.73. The minimum atomic E-state index is 0.362. The Labute approximate surface area is 150 Å². The average molecular weight is 393 g/mol. The summed E-state index contributed by atoms with van der Waals surface area (Å²) in [4.78, 5) is 10.9.